The lowest BCUT2D eigenvalue weighted by Gasteiger charge is -1.99. The lowest BCUT2D eigenvalue weighted by molar-refractivity contribution is -0.118. The molecule has 1 atom stereocenters. The largest absolute Gasteiger partial charge is 0.389 e. The third kappa shape index (κ3) is 7.00. The number of aliphatic hydroxyl groups excluding tert-OH is 1. The molecule has 0 heterocycles. The third-order valence-electron chi connectivity index (χ3n) is 1.13. The van der Waals surface area contributed by atoms with Gasteiger partial charge in [0.25, 0.3) is 0 Å². The van der Waals surface area contributed by atoms with Crippen LogP contribution in [0.3, 0.4) is 0 Å². The van der Waals surface area contributed by atoms with E-state index in [4.69, 9.17) is 5.11 Å². The standard InChI is InChI=1S/C9H14O2/c1-3-4-5-6-9(11)7-8(2)10/h3-6,9,11H,7H2,1-2H3. The van der Waals surface area contributed by atoms with E-state index in [1.54, 1.807) is 12.2 Å². The Bertz CT molecular complexity index is 168. The van der Waals surface area contributed by atoms with Gasteiger partial charge >= 0.3 is 0 Å². The first kappa shape index (κ1) is 10.1. The molecule has 0 amide bonds. The maximum Gasteiger partial charge on any atom is 0.132 e. The minimum absolute atomic E-state index is 0.00243. The lowest BCUT2D eigenvalue weighted by atomic mass is 10.2. The second-order valence-electron chi connectivity index (χ2n) is 2.38. The van der Waals surface area contributed by atoms with Crippen LogP contribution in [0.15, 0.2) is 24.3 Å². The summed E-state index contributed by atoms with van der Waals surface area (Å²) in [7, 11) is 0. The highest BCUT2D eigenvalue weighted by molar-refractivity contribution is 5.76. The molecule has 0 aliphatic carbocycles. The van der Waals surface area contributed by atoms with Crippen LogP contribution in [0.1, 0.15) is 20.3 Å². The van der Waals surface area contributed by atoms with Crippen LogP contribution >= 0.6 is 0 Å². The molecule has 11 heavy (non-hydrogen) atoms. The molecule has 0 spiro atoms. The molecule has 0 saturated carbocycles. The van der Waals surface area contributed by atoms with E-state index in [1.807, 2.05) is 19.1 Å². The molecule has 1 unspecified atom stereocenters. The zero-order valence-corrected chi connectivity index (χ0v) is 6.95. The molecule has 1 N–H and O–H groups in total. The number of carbonyl (C=O) groups is 1. The van der Waals surface area contributed by atoms with E-state index in [-0.39, 0.29) is 12.2 Å². The number of ketones is 1. The third-order valence-corrected chi connectivity index (χ3v) is 1.13. The minimum Gasteiger partial charge on any atom is -0.389 e. The monoisotopic (exact) mass is 154 g/mol. The molecule has 0 aliphatic heterocycles. The van der Waals surface area contributed by atoms with E-state index in [1.165, 1.54) is 6.92 Å². The predicted octanol–water partition coefficient (Wildman–Crippen LogP) is 1.46. The van der Waals surface area contributed by atoms with Crippen LogP contribution in [0.25, 0.3) is 0 Å². The van der Waals surface area contributed by atoms with Crippen molar-refractivity contribution >= 4 is 5.78 Å². The first-order valence-corrected chi connectivity index (χ1v) is 3.63. The zero-order valence-electron chi connectivity index (χ0n) is 6.95. The summed E-state index contributed by atoms with van der Waals surface area (Å²) < 4.78 is 0. The van der Waals surface area contributed by atoms with Crippen molar-refractivity contribution in [1.82, 2.24) is 0 Å². The number of hydrogen-bond donors (Lipinski definition) is 1. The van der Waals surface area contributed by atoms with Crippen molar-refractivity contribution in [1.29, 1.82) is 0 Å². The van der Waals surface area contributed by atoms with Gasteiger partial charge in [-0.1, -0.05) is 24.3 Å². The highest BCUT2D eigenvalue weighted by Crippen LogP contribution is 1.94. The normalized spacial score (nSPS) is 14.5. The molecule has 0 aromatic rings. The highest BCUT2D eigenvalue weighted by Gasteiger charge is 2.00. The average Bonchev–Trinajstić information content (AvgIpc) is 1.86. The van der Waals surface area contributed by atoms with Crippen LogP contribution in [0, 0.1) is 0 Å². The molecular formula is C9H14O2. The summed E-state index contributed by atoms with van der Waals surface area (Å²) in [5.74, 6) is 0.00243. The Balaban J connectivity index is 3.67. The van der Waals surface area contributed by atoms with Gasteiger partial charge < -0.3 is 5.11 Å². The topological polar surface area (TPSA) is 37.3 Å². The van der Waals surface area contributed by atoms with Crippen molar-refractivity contribution in [2.75, 3.05) is 0 Å². The Morgan fingerprint density at radius 2 is 2.18 bits per heavy atom. The van der Waals surface area contributed by atoms with Gasteiger partial charge in [-0.3, -0.25) is 4.79 Å². The Hall–Kier alpha value is -0.890. The fraction of sp³-hybridized carbons (Fsp3) is 0.444. The highest BCUT2D eigenvalue weighted by atomic mass is 16.3. The number of Topliss-reactive ketones (excluding diaryl/α,β-unsaturated/α-hetero) is 1. The van der Waals surface area contributed by atoms with Crippen LogP contribution in [-0.2, 0) is 4.79 Å². The van der Waals surface area contributed by atoms with Crippen molar-refractivity contribution in [2.24, 2.45) is 0 Å². The van der Waals surface area contributed by atoms with E-state index in [2.05, 4.69) is 0 Å². The first-order chi connectivity index (χ1) is 5.16. The summed E-state index contributed by atoms with van der Waals surface area (Å²) in [6.07, 6.45) is 6.56. The summed E-state index contributed by atoms with van der Waals surface area (Å²) in [4.78, 5) is 10.5. The second kappa shape index (κ2) is 5.86. The van der Waals surface area contributed by atoms with Crippen molar-refractivity contribution < 1.29 is 9.90 Å². The summed E-state index contributed by atoms with van der Waals surface area (Å²) in [5, 5.41) is 9.10. The Morgan fingerprint density at radius 3 is 2.64 bits per heavy atom. The fourth-order valence-electron chi connectivity index (χ4n) is 0.666. The van der Waals surface area contributed by atoms with Crippen LogP contribution in [0.4, 0.5) is 0 Å². The van der Waals surface area contributed by atoms with Gasteiger partial charge in [0.05, 0.1) is 6.10 Å². The number of aliphatic hydroxyl groups is 1. The molecule has 2 heteroatoms. The summed E-state index contributed by atoms with van der Waals surface area (Å²) in [6.45, 7) is 3.36. The predicted molar refractivity (Wildman–Crippen MR) is 45.3 cm³/mol. The second-order valence-corrected chi connectivity index (χ2v) is 2.38. The molecule has 0 rings (SSSR count). The summed E-state index contributed by atoms with van der Waals surface area (Å²) in [6, 6.07) is 0. The molecule has 0 fully saturated rings. The molecule has 0 bridgehead atoms. The quantitative estimate of drug-likeness (QED) is 0.622. The SMILES string of the molecule is CC=CC=CC(O)CC(C)=O. The number of hydrogen-bond acceptors (Lipinski definition) is 2. The fourth-order valence-corrected chi connectivity index (χ4v) is 0.666. The van der Waals surface area contributed by atoms with E-state index in [9.17, 15) is 4.79 Å². The van der Waals surface area contributed by atoms with E-state index >= 15 is 0 Å². The zero-order chi connectivity index (χ0) is 8.69. The van der Waals surface area contributed by atoms with Crippen LogP contribution in [0.2, 0.25) is 0 Å². The molecule has 0 saturated heterocycles. The summed E-state index contributed by atoms with van der Waals surface area (Å²) in [5.41, 5.74) is 0. The van der Waals surface area contributed by atoms with Crippen molar-refractivity contribution in [3.05, 3.63) is 24.3 Å². The van der Waals surface area contributed by atoms with Crippen LogP contribution in [0.5, 0.6) is 0 Å². The average molecular weight is 154 g/mol. The Kier molecular flexibility index (Phi) is 5.39. The molecule has 2 nitrogen and oxygen atoms in total. The molecular weight excluding hydrogens is 140 g/mol. The summed E-state index contributed by atoms with van der Waals surface area (Å²) >= 11 is 0. The van der Waals surface area contributed by atoms with Gasteiger partial charge in [-0.05, 0) is 13.8 Å². The maximum absolute atomic E-state index is 10.5. The minimum atomic E-state index is -0.635. The van der Waals surface area contributed by atoms with Crippen molar-refractivity contribution in [3.8, 4) is 0 Å². The molecule has 0 radical (unpaired) electrons. The molecule has 0 aromatic carbocycles. The van der Waals surface area contributed by atoms with Crippen LogP contribution < -0.4 is 0 Å². The van der Waals surface area contributed by atoms with E-state index in [0.717, 1.165) is 0 Å². The van der Waals surface area contributed by atoms with Crippen molar-refractivity contribution in [3.63, 3.8) is 0 Å². The van der Waals surface area contributed by atoms with Gasteiger partial charge in [0, 0.05) is 6.42 Å². The smallest absolute Gasteiger partial charge is 0.132 e. The van der Waals surface area contributed by atoms with Crippen LogP contribution in [-0.4, -0.2) is 17.0 Å². The molecule has 62 valence electrons. The van der Waals surface area contributed by atoms with Crippen molar-refractivity contribution in [2.45, 2.75) is 26.4 Å². The maximum atomic E-state index is 10.5. The van der Waals surface area contributed by atoms with E-state index < -0.39 is 6.10 Å². The lowest BCUT2D eigenvalue weighted by Crippen LogP contribution is -2.07. The number of carbonyl (C=O) groups excluding carboxylic acids is 1. The Labute approximate surface area is 67.2 Å². The van der Waals surface area contributed by atoms with Gasteiger partial charge in [0.15, 0.2) is 0 Å². The number of rotatable bonds is 4. The Morgan fingerprint density at radius 1 is 1.55 bits per heavy atom. The van der Waals surface area contributed by atoms with Gasteiger partial charge in [-0.2, -0.15) is 0 Å². The molecule has 0 aliphatic rings. The van der Waals surface area contributed by atoms with E-state index in [0.29, 0.717) is 0 Å². The van der Waals surface area contributed by atoms with Gasteiger partial charge in [0.2, 0.25) is 0 Å². The number of allylic oxidation sites excluding steroid dienone is 3. The molecule has 0 aromatic heterocycles. The van der Waals surface area contributed by atoms with Gasteiger partial charge in [-0.15, -0.1) is 0 Å². The van der Waals surface area contributed by atoms with Gasteiger partial charge in [-0.25, -0.2) is 0 Å². The first-order valence-electron chi connectivity index (χ1n) is 3.63. The van der Waals surface area contributed by atoms with Gasteiger partial charge in [0.1, 0.15) is 5.78 Å².